The maximum Gasteiger partial charge on any atom is 0.244 e. The molecular weight excluding hydrogens is 383 g/mol. The van der Waals surface area contributed by atoms with E-state index in [1.54, 1.807) is 25.1 Å². The maximum atomic E-state index is 12.8. The average molecular weight is 409 g/mol. The van der Waals surface area contributed by atoms with Crippen molar-refractivity contribution in [1.29, 1.82) is 0 Å². The zero-order chi connectivity index (χ0) is 19.7. The highest BCUT2D eigenvalue weighted by atomic mass is 35.5. The van der Waals surface area contributed by atoms with Gasteiger partial charge in [-0.3, -0.25) is 4.79 Å². The number of hydrogen-bond donors (Lipinski definition) is 3. The summed E-state index contributed by atoms with van der Waals surface area (Å²) in [6.07, 6.45) is -1.25. The van der Waals surface area contributed by atoms with E-state index in [4.69, 9.17) is 37.8 Å². The molecule has 0 aromatic heterocycles. The molecule has 1 amide bonds. The van der Waals surface area contributed by atoms with Gasteiger partial charge < -0.3 is 29.9 Å². The molecule has 0 spiro atoms. The molecule has 0 aliphatic carbocycles. The lowest BCUT2D eigenvalue weighted by molar-refractivity contribution is -0.146. The lowest BCUT2D eigenvalue weighted by Gasteiger charge is -2.29. The molecule has 2 atom stereocenters. The average Bonchev–Trinajstić information content (AvgIpc) is 2.64. The summed E-state index contributed by atoms with van der Waals surface area (Å²) < 4.78 is 10.3. The first-order chi connectivity index (χ1) is 12.3. The lowest BCUT2D eigenvalue weighted by Crippen LogP contribution is -2.46. The number of methoxy groups -OCH3 is 2. The van der Waals surface area contributed by atoms with Crippen LogP contribution in [0.15, 0.2) is 18.2 Å². The Morgan fingerprint density at radius 2 is 1.92 bits per heavy atom. The Labute approximate surface area is 163 Å². The third-order valence-corrected chi connectivity index (χ3v) is 4.56. The molecule has 0 fully saturated rings. The number of ether oxygens (including phenoxy) is 2. The number of amides is 1. The molecule has 0 aliphatic rings. The molecular formula is C17H26Cl2N2O5. The first-order valence-corrected chi connectivity index (χ1v) is 8.92. The lowest BCUT2D eigenvalue weighted by atomic mass is 10.2. The summed E-state index contributed by atoms with van der Waals surface area (Å²) in [5, 5.41) is 22.4. The molecule has 3 N–H and O–H groups in total. The van der Waals surface area contributed by atoms with E-state index < -0.39 is 18.4 Å². The first-order valence-electron chi connectivity index (χ1n) is 8.17. The molecule has 1 aromatic rings. The van der Waals surface area contributed by atoms with E-state index in [1.165, 1.54) is 19.1 Å². The first kappa shape index (κ1) is 23.0. The number of nitrogens with zero attached hydrogens (tertiary/aromatic N) is 1. The third-order valence-electron chi connectivity index (χ3n) is 3.82. The van der Waals surface area contributed by atoms with Crippen molar-refractivity contribution in [1.82, 2.24) is 4.90 Å². The number of benzene rings is 1. The Kier molecular flexibility index (Phi) is 10.2. The summed E-state index contributed by atoms with van der Waals surface area (Å²) in [6.45, 7) is 1.79. The number of carbonyl (C=O) groups is 1. The Morgan fingerprint density at radius 1 is 1.27 bits per heavy atom. The van der Waals surface area contributed by atoms with E-state index in [1.807, 2.05) is 0 Å². The molecule has 26 heavy (non-hydrogen) atoms. The summed E-state index contributed by atoms with van der Waals surface area (Å²) in [4.78, 5) is 14.3. The second kappa shape index (κ2) is 11.6. The van der Waals surface area contributed by atoms with Crippen LogP contribution in [-0.4, -0.2) is 73.4 Å². The van der Waals surface area contributed by atoms with Crippen LogP contribution in [0.4, 0.5) is 5.69 Å². The van der Waals surface area contributed by atoms with Gasteiger partial charge in [0.1, 0.15) is 6.04 Å². The van der Waals surface area contributed by atoms with Crippen LogP contribution in [-0.2, 0) is 14.3 Å². The molecule has 0 aliphatic heterocycles. The molecule has 0 radical (unpaired) electrons. The second-order valence-electron chi connectivity index (χ2n) is 5.81. The van der Waals surface area contributed by atoms with Gasteiger partial charge in [0.2, 0.25) is 5.91 Å². The predicted octanol–water partition coefficient (Wildman–Crippen LogP) is 1.98. The van der Waals surface area contributed by atoms with Gasteiger partial charge >= 0.3 is 0 Å². The number of rotatable bonds is 11. The van der Waals surface area contributed by atoms with Gasteiger partial charge in [-0.15, -0.1) is 0 Å². The van der Waals surface area contributed by atoms with Gasteiger partial charge in [0.05, 0.1) is 29.3 Å². The van der Waals surface area contributed by atoms with Crippen molar-refractivity contribution >= 4 is 34.8 Å². The molecule has 7 nitrogen and oxygen atoms in total. The van der Waals surface area contributed by atoms with Crippen LogP contribution in [0.5, 0.6) is 0 Å². The van der Waals surface area contributed by atoms with Gasteiger partial charge in [0, 0.05) is 26.5 Å². The van der Waals surface area contributed by atoms with Gasteiger partial charge in [0.15, 0.2) is 6.29 Å². The fraction of sp³-hybridized carbons (Fsp3) is 0.588. The Morgan fingerprint density at radius 3 is 2.46 bits per heavy atom. The van der Waals surface area contributed by atoms with Crippen LogP contribution in [0.2, 0.25) is 10.0 Å². The Hall–Kier alpha value is -1.09. The van der Waals surface area contributed by atoms with Gasteiger partial charge in [-0.2, -0.15) is 0 Å². The minimum absolute atomic E-state index is 0.192. The van der Waals surface area contributed by atoms with E-state index in [-0.39, 0.29) is 32.0 Å². The molecule has 1 unspecified atom stereocenters. The number of hydrogen-bond acceptors (Lipinski definition) is 6. The van der Waals surface area contributed by atoms with Crippen LogP contribution < -0.4 is 5.32 Å². The minimum atomic E-state index is -0.896. The van der Waals surface area contributed by atoms with Gasteiger partial charge in [-0.25, -0.2) is 0 Å². The molecule has 1 rings (SSSR count). The highest BCUT2D eigenvalue weighted by molar-refractivity contribution is 6.42. The minimum Gasteiger partial charge on any atom is -0.394 e. The number of halogens is 2. The molecule has 0 saturated heterocycles. The summed E-state index contributed by atoms with van der Waals surface area (Å²) in [5.74, 6) is -0.208. The smallest absolute Gasteiger partial charge is 0.244 e. The fourth-order valence-corrected chi connectivity index (χ4v) is 2.58. The molecule has 0 heterocycles. The largest absolute Gasteiger partial charge is 0.394 e. The Balaban J connectivity index is 2.81. The third kappa shape index (κ3) is 7.26. The van der Waals surface area contributed by atoms with Crippen molar-refractivity contribution in [3.05, 3.63) is 28.2 Å². The second-order valence-corrected chi connectivity index (χ2v) is 6.62. The van der Waals surface area contributed by atoms with Crippen LogP contribution in [0.25, 0.3) is 0 Å². The van der Waals surface area contributed by atoms with Crippen molar-refractivity contribution in [3.8, 4) is 0 Å². The van der Waals surface area contributed by atoms with Crippen molar-refractivity contribution in [3.63, 3.8) is 0 Å². The summed E-state index contributed by atoms with van der Waals surface area (Å²) in [6, 6.07) is 4.45. The zero-order valence-corrected chi connectivity index (χ0v) is 16.6. The SMILES string of the molecule is COC(CN(CC[C@H](O)CO)C(=O)C(C)Nc1ccc(Cl)c(Cl)c1)OC. The quantitative estimate of drug-likeness (QED) is 0.485. The summed E-state index contributed by atoms with van der Waals surface area (Å²) in [7, 11) is 2.97. The molecule has 148 valence electrons. The number of carbonyl (C=O) groups excluding carboxylic acids is 1. The fourth-order valence-electron chi connectivity index (χ4n) is 2.28. The zero-order valence-electron chi connectivity index (χ0n) is 15.1. The van der Waals surface area contributed by atoms with Crippen LogP contribution in [0.1, 0.15) is 13.3 Å². The molecule has 9 heteroatoms. The van der Waals surface area contributed by atoms with Gasteiger partial charge in [0.25, 0.3) is 0 Å². The maximum absolute atomic E-state index is 12.8. The van der Waals surface area contributed by atoms with E-state index in [2.05, 4.69) is 5.32 Å². The van der Waals surface area contributed by atoms with E-state index in [0.717, 1.165) is 0 Å². The van der Waals surface area contributed by atoms with Gasteiger partial charge in [-0.05, 0) is 31.5 Å². The normalized spacial score (nSPS) is 13.5. The van der Waals surface area contributed by atoms with Crippen LogP contribution in [0, 0.1) is 0 Å². The van der Waals surface area contributed by atoms with Crippen molar-refractivity contribution < 1.29 is 24.5 Å². The summed E-state index contributed by atoms with van der Waals surface area (Å²) >= 11 is 11.9. The standard InChI is InChI=1S/C17H26Cl2N2O5/c1-11(20-12-4-5-14(18)15(19)8-12)17(24)21(7-6-13(23)10-22)9-16(25-2)26-3/h4-5,8,11,13,16,20,22-23H,6-7,9-10H2,1-3H3/t11?,13-/m0/s1. The summed E-state index contributed by atoms with van der Waals surface area (Å²) in [5.41, 5.74) is 0.658. The van der Waals surface area contributed by atoms with Crippen molar-refractivity contribution in [2.24, 2.45) is 0 Å². The molecule has 0 saturated carbocycles. The number of aliphatic hydroxyl groups excluding tert-OH is 2. The van der Waals surface area contributed by atoms with E-state index in [9.17, 15) is 9.90 Å². The highest BCUT2D eigenvalue weighted by Gasteiger charge is 2.24. The topological polar surface area (TPSA) is 91.3 Å². The van der Waals surface area contributed by atoms with Crippen LogP contribution in [0.3, 0.4) is 0 Å². The predicted molar refractivity (Wildman–Crippen MR) is 102 cm³/mol. The number of anilines is 1. The van der Waals surface area contributed by atoms with Crippen molar-refractivity contribution in [2.45, 2.75) is 31.8 Å². The van der Waals surface area contributed by atoms with E-state index in [0.29, 0.717) is 15.7 Å². The monoisotopic (exact) mass is 408 g/mol. The highest BCUT2D eigenvalue weighted by Crippen LogP contribution is 2.25. The van der Waals surface area contributed by atoms with Crippen molar-refractivity contribution in [2.75, 3.05) is 39.2 Å². The van der Waals surface area contributed by atoms with Crippen LogP contribution >= 0.6 is 23.2 Å². The Bertz CT molecular complexity index is 572. The number of nitrogens with one attached hydrogen (secondary N) is 1. The van der Waals surface area contributed by atoms with E-state index >= 15 is 0 Å². The van der Waals surface area contributed by atoms with Gasteiger partial charge in [-0.1, -0.05) is 23.2 Å². The molecule has 0 bridgehead atoms. The number of aliphatic hydroxyl groups is 2. The molecule has 1 aromatic carbocycles.